The molecule has 5 rings (SSSR count). The molecule has 8 nitrogen and oxygen atoms in total. The molecular weight excluding hydrogens is 528 g/mol. The Morgan fingerprint density at radius 2 is 1.70 bits per heavy atom. The summed E-state index contributed by atoms with van der Waals surface area (Å²) in [7, 11) is 4.72. The van der Waals surface area contributed by atoms with Gasteiger partial charge in [0.15, 0.2) is 4.80 Å². The number of hydrogen-bond acceptors (Lipinski definition) is 8. The molecule has 0 bridgehead atoms. The highest BCUT2D eigenvalue weighted by atomic mass is 32.1. The summed E-state index contributed by atoms with van der Waals surface area (Å²) in [5.74, 6) is 1.26. The van der Waals surface area contributed by atoms with Gasteiger partial charge in [0.2, 0.25) is 0 Å². The van der Waals surface area contributed by atoms with Crippen LogP contribution in [-0.2, 0) is 9.53 Å². The summed E-state index contributed by atoms with van der Waals surface area (Å²) in [6.45, 7) is 1.93. The van der Waals surface area contributed by atoms with Crippen molar-refractivity contribution in [3.05, 3.63) is 115 Å². The highest BCUT2D eigenvalue weighted by Gasteiger charge is 2.35. The predicted molar refractivity (Wildman–Crippen MR) is 154 cm³/mol. The van der Waals surface area contributed by atoms with Crippen LogP contribution in [0.15, 0.2) is 88.2 Å². The Hall–Kier alpha value is -4.63. The number of carbonyl (C=O) groups excluding carboxylic acids is 1. The lowest BCUT2D eigenvalue weighted by Crippen LogP contribution is -2.40. The highest BCUT2D eigenvalue weighted by Crippen LogP contribution is 2.36. The van der Waals surface area contributed by atoms with Gasteiger partial charge in [-0.1, -0.05) is 53.8 Å². The lowest BCUT2D eigenvalue weighted by Gasteiger charge is -2.26. The number of thiazole rings is 1. The minimum atomic E-state index is -0.791. The van der Waals surface area contributed by atoms with E-state index in [0.717, 1.165) is 5.56 Å². The smallest absolute Gasteiger partial charge is 0.338 e. The maximum absolute atomic E-state index is 14.1. The molecule has 1 aromatic heterocycles. The monoisotopic (exact) mass is 556 g/mol. The molecule has 3 aromatic carbocycles. The second kappa shape index (κ2) is 11.6. The molecule has 0 amide bonds. The minimum absolute atomic E-state index is 0.177. The van der Waals surface area contributed by atoms with Crippen LogP contribution in [0, 0.1) is 0 Å². The molecule has 0 saturated heterocycles. The minimum Gasteiger partial charge on any atom is -0.497 e. The van der Waals surface area contributed by atoms with E-state index in [4.69, 9.17) is 23.9 Å². The van der Waals surface area contributed by atoms with Gasteiger partial charge in [0.05, 0.1) is 49.8 Å². The average Bonchev–Trinajstić information content (AvgIpc) is 3.31. The maximum Gasteiger partial charge on any atom is 0.338 e. The predicted octanol–water partition coefficient (Wildman–Crippen LogP) is 3.96. The third-order valence-corrected chi connectivity index (χ3v) is 7.49. The molecule has 0 fully saturated rings. The van der Waals surface area contributed by atoms with Crippen LogP contribution in [0.1, 0.15) is 29.7 Å². The molecule has 0 spiro atoms. The number of rotatable bonds is 8. The fourth-order valence-electron chi connectivity index (χ4n) is 4.65. The van der Waals surface area contributed by atoms with E-state index < -0.39 is 12.0 Å². The van der Waals surface area contributed by atoms with Gasteiger partial charge >= 0.3 is 5.97 Å². The Morgan fingerprint density at radius 3 is 2.40 bits per heavy atom. The van der Waals surface area contributed by atoms with E-state index in [0.29, 0.717) is 43.4 Å². The van der Waals surface area contributed by atoms with Crippen molar-refractivity contribution in [3.8, 4) is 17.2 Å². The van der Waals surface area contributed by atoms with E-state index in [9.17, 15) is 9.59 Å². The SMILES string of the molecule is CCOC(=O)C1=C(c2ccccc2)N=c2sc(=Cc3ccc(OC)cc3OC)c(=O)n2C1c1cccc(OC)c1. The number of aromatic nitrogens is 1. The van der Waals surface area contributed by atoms with E-state index in [-0.39, 0.29) is 17.7 Å². The topological polar surface area (TPSA) is 88.4 Å². The summed E-state index contributed by atoms with van der Waals surface area (Å²) in [6, 6.07) is 21.4. The van der Waals surface area contributed by atoms with Gasteiger partial charge in [-0.3, -0.25) is 9.36 Å². The molecule has 1 aliphatic rings. The third-order valence-electron chi connectivity index (χ3n) is 6.51. The zero-order chi connectivity index (χ0) is 28.2. The first-order valence-corrected chi connectivity index (χ1v) is 13.4. The van der Waals surface area contributed by atoms with Gasteiger partial charge in [-0.15, -0.1) is 0 Å². The molecule has 40 heavy (non-hydrogen) atoms. The van der Waals surface area contributed by atoms with Gasteiger partial charge < -0.3 is 18.9 Å². The van der Waals surface area contributed by atoms with Crippen LogP contribution in [0.2, 0.25) is 0 Å². The van der Waals surface area contributed by atoms with E-state index in [1.807, 2.05) is 60.7 Å². The summed E-state index contributed by atoms with van der Waals surface area (Å²) in [5.41, 5.74) is 2.60. The standard InChI is InChI=1S/C31H28N2O6S/c1-5-39-30(35)26-27(19-10-7-6-8-11-19)32-31-33(28(26)21-12-9-13-22(16-21)36-2)29(34)25(40-31)17-20-14-15-23(37-3)18-24(20)38-4/h6-18,28H,5H2,1-4H3. The number of carbonyl (C=O) groups is 1. The van der Waals surface area contributed by atoms with Crippen molar-refractivity contribution in [1.29, 1.82) is 0 Å². The zero-order valence-corrected chi connectivity index (χ0v) is 23.4. The molecule has 0 saturated carbocycles. The normalized spacial score (nSPS) is 14.8. The molecular formula is C31H28N2O6S. The summed E-state index contributed by atoms with van der Waals surface area (Å²) < 4.78 is 23.8. The van der Waals surface area contributed by atoms with E-state index >= 15 is 0 Å². The summed E-state index contributed by atoms with van der Waals surface area (Å²) in [4.78, 5) is 33.0. The van der Waals surface area contributed by atoms with Crippen molar-refractivity contribution in [3.63, 3.8) is 0 Å². The first-order chi connectivity index (χ1) is 19.5. The van der Waals surface area contributed by atoms with Crippen molar-refractivity contribution in [1.82, 2.24) is 4.57 Å². The van der Waals surface area contributed by atoms with Crippen LogP contribution >= 0.6 is 11.3 Å². The number of nitrogens with zero attached hydrogens (tertiary/aromatic N) is 2. The fourth-order valence-corrected chi connectivity index (χ4v) is 5.64. The van der Waals surface area contributed by atoms with Crippen molar-refractivity contribution in [2.24, 2.45) is 4.99 Å². The van der Waals surface area contributed by atoms with Crippen molar-refractivity contribution < 1.29 is 23.7 Å². The van der Waals surface area contributed by atoms with E-state index in [2.05, 4.69) is 0 Å². The molecule has 1 atom stereocenters. The van der Waals surface area contributed by atoms with Crippen LogP contribution < -0.4 is 29.1 Å². The van der Waals surface area contributed by atoms with Gasteiger partial charge in [0, 0.05) is 17.2 Å². The summed E-state index contributed by atoms with van der Waals surface area (Å²) in [6.07, 6.45) is 1.76. The third kappa shape index (κ3) is 5.03. The summed E-state index contributed by atoms with van der Waals surface area (Å²) in [5, 5.41) is 0. The highest BCUT2D eigenvalue weighted by molar-refractivity contribution is 7.07. The molecule has 2 heterocycles. The van der Waals surface area contributed by atoms with Crippen molar-refractivity contribution >= 4 is 29.1 Å². The van der Waals surface area contributed by atoms with E-state index in [1.54, 1.807) is 51.0 Å². The van der Waals surface area contributed by atoms with Crippen molar-refractivity contribution in [2.45, 2.75) is 13.0 Å². The molecule has 204 valence electrons. The molecule has 4 aromatic rings. The number of ether oxygens (including phenoxy) is 4. The number of benzene rings is 3. The van der Waals surface area contributed by atoms with Crippen LogP contribution in [-0.4, -0.2) is 38.5 Å². The lowest BCUT2D eigenvalue weighted by molar-refractivity contribution is -0.138. The number of methoxy groups -OCH3 is 3. The first-order valence-electron chi connectivity index (χ1n) is 12.6. The van der Waals surface area contributed by atoms with Gasteiger partial charge in [-0.25, -0.2) is 9.79 Å². The van der Waals surface area contributed by atoms with Crippen LogP contribution in [0.3, 0.4) is 0 Å². The van der Waals surface area contributed by atoms with Gasteiger partial charge in [0.25, 0.3) is 5.56 Å². The van der Waals surface area contributed by atoms with Crippen LogP contribution in [0.4, 0.5) is 0 Å². The molecule has 0 N–H and O–H groups in total. The van der Waals surface area contributed by atoms with Crippen molar-refractivity contribution in [2.75, 3.05) is 27.9 Å². The van der Waals surface area contributed by atoms with E-state index in [1.165, 1.54) is 11.3 Å². The Balaban J connectivity index is 1.82. The first kappa shape index (κ1) is 27.0. The second-order valence-electron chi connectivity index (χ2n) is 8.82. The molecule has 0 radical (unpaired) electrons. The Morgan fingerprint density at radius 1 is 0.950 bits per heavy atom. The Bertz CT molecular complexity index is 1770. The van der Waals surface area contributed by atoms with Crippen LogP contribution in [0.25, 0.3) is 11.8 Å². The van der Waals surface area contributed by atoms with Crippen LogP contribution in [0.5, 0.6) is 17.2 Å². The summed E-state index contributed by atoms with van der Waals surface area (Å²) >= 11 is 1.24. The van der Waals surface area contributed by atoms with Gasteiger partial charge in [0.1, 0.15) is 17.2 Å². The largest absolute Gasteiger partial charge is 0.497 e. The second-order valence-corrected chi connectivity index (χ2v) is 9.83. The number of hydrogen-bond donors (Lipinski definition) is 0. The fraction of sp³-hybridized carbons (Fsp3) is 0.194. The Kier molecular flexibility index (Phi) is 7.84. The molecule has 1 aliphatic heterocycles. The number of esters is 1. The molecule has 1 unspecified atom stereocenters. The lowest BCUT2D eigenvalue weighted by atomic mass is 9.93. The van der Waals surface area contributed by atoms with Gasteiger partial charge in [-0.05, 0) is 42.8 Å². The molecule has 0 aliphatic carbocycles. The average molecular weight is 557 g/mol. The molecule has 9 heteroatoms. The van der Waals surface area contributed by atoms with Gasteiger partial charge in [-0.2, -0.15) is 0 Å². The Labute approximate surface area is 235 Å². The quantitative estimate of drug-likeness (QED) is 0.306. The number of fused-ring (bicyclic) bond motifs is 1. The zero-order valence-electron chi connectivity index (χ0n) is 22.5. The maximum atomic E-state index is 14.1.